The Labute approximate surface area is 222 Å². The zero-order valence-corrected chi connectivity index (χ0v) is 21.3. The number of carbonyl (C=O) groups excluding carboxylic acids is 2. The number of nitrogens with one attached hydrogen (secondary N) is 2. The molecule has 17 heteroatoms. The van der Waals surface area contributed by atoms with E-state index in [9.17, 15) is 35.9 Å². The molecule has 0 aliphatic heterocycles. The van der Waals surface area contributed by atoms with Crippen LogP contribution in [0, 0.1) is 18.8 Å². The van der Waals surface area contributed by atoms with Gasteiger partial charge in [0.25, 0.3) is 11.9 Å². The first-order chi connectivity index (χ1) is 18.8. The molecule has 1 saturated carbocycles. The number of hydrogen-bond acceptors (Lipinski definition) is 8. The van der Waals surface area contributed by atoms with Crippen molar-refractivity contribution < 1.29 is 45.1 Å². The Morgan fingerprint density at radius 1 is 1.20 bits per heavy atom. The van der Waals surface area contributed by atoms with E-state index in [4.69, 9.17) is 4.52 Å². The first-order valence-corrected chi connectivity index (χ1v) is 12.3. The van der Waals surface area contributed by atoms with Crippen LogP contribution in [0.2, 0.25) is 0 Å². The summed E-state index contributed by atoms with van der Waals surface area (Å²) in [7, 11) is 0. The molecule has 1 fully saturated rings. The fourth-order valence-electron chi connectivity index (χ4n) is 4.66. The van der Waals surface area contributed by atoms with E-state index in [0.717, 1.165) is 17.1 Å². The van der Waals surface area contributed by atoms with Crippen LogP contribution in [0.5, 0.6) is 0 Å². The minimum atomic E-state index is -4.55. The lowest BCUT2D eigenvalue weighted by molar-refractivity contribution is -0.127. The molecule has 0 aromatic carbocycles. The summed E-state index contributed by atoms with van der Waals surface area (Å²) in [5, 5.41) is 19.1. The van der Waals surface area contributed by atoms with Gasteiger partial charge in [0.15, 0.2) is 5.69 Å². The first kappa shape index (κ1) is 29.1. The Hall–Kier alpha value is -3.92. The highest BCUT2D eigenvalue weighted by Gasteiger charge is 2.41. The van der Waals surface area contributed by atoms with Crippen molar-refractivity contribution in [2.24, 2.45) is 5.92 Å². The molecule has 0 spiro atoms. The highest BCUT2D eigenvalue weighted by atomic mass is 19.4. The maximum Gasteiger partial charge on any atom is 0.393 e. The second-order valence-electron chi connectivity index (χ2n) is 9.59. The number of alkyl halides is 5. The van der Waals surface area contributed by atoms with Crippen molar-refractivity contribution >= 4 is 17.5 Å². The third-order valence-corrected chi connectivity index (χ3v) is 6.70. The summed E-state index contributed by atoms with van der Waals surface area (Å²) in [5.74, 6) is -6.55. The van der Waals surface area contributed by atoms with Gasteiger partial charge in [-0.2, -0.15) is 17.6 Å². The summed E-state index contributed by atoms with van der Waals surface area (Å²) >= 11 is 0. The van der Waals surface area contributed by atoms with Crippen molar-refractivity contribution in [1.29, 1.82) is 0 Å². The fourth-order valence-corrected chi connectivity index (χ4v) is 4.66. The Balaban J connectivity index is 1.56. The number of halogens is 6. The molecule has 0 saturated heterocycles. The Bertz CT molecular complexity index is 1340. The molecule has 218 valence electrons. The average Bonchev–Trinajstić information content (AvgIpc) is 3.58. The second kappa shape index (κ2) is 11.3. The number of nitrogens with zero attached hydrogens (tertiary/aromatic N) is 5. The summed E-state index contributed by atoms with van der Waals surface area (Å²) in [6, 6.07) is -2.33. The summed E-state index contributed by atoms with van der Waals surface area (Å²) in [5.41, 5.74) is -0.891. The van der Waals surface area contributed by atoms with Crippen LogP contribution in [0.4, 0.5) is 32.0 Å². The monoisotopic (exact) mass is 577 g/mol. The lowest BCUT2D eigenvalue weighted by Crippen LogP contribution is -2.50. The summed E-state index contributed by atoms with van der Waals surface area (Å²) in [6.07, 6.45) is -5.03. The van der Waals surface area contributed by atoms with Gasteiger partial charge in [-0.3, -0.25) is 14.3 Å². The minimum absolute atomic E-state index is 0.102. The molecule has 0 radical (unpaired) electrons. The third kappa shape index (κ3) is 6.62. The number of anilines is 1. The first-order valence-electron chi connectivity index (χ1n) is 12.3. The van der Waals surface area contributed by atoms with Gasteiger partial charge < -0.3 is 15.2 Å². The number of amides is 2. The molecule has 3 heterocycles. The van der Waals surface area contributed by atoms with Gasteiger partial charge in [-0.25, -0.2) is 13.4 Å². The Morgan fingerprint density at radius 2 is 1.90 bits per heavy atom. The molecule has 2 amide bonds. The van der Waals surface area contributed by atoms with Crippen molar-refractivity contribution in [3.63, 3.8) is 0 Å². The van der Waals surface area contributed by atoms with E-state index in [0.29, 0.717) is 0 Å². The van der Waals surface area contributed by atoms with Crippen LogP contribution >= 0.6 is 0 Å². The molecule has 11 nitrogen and oxygen atoms in total. The highest BCUT2D eigenvalue weighted by Crippen LogP contribution is 2.38. The molecule has 3 aromatic heterocycles. The van der Waals surface area contributed by atoms with Crippen LogP contribution in [0.25, 0.3) is 0 Å². The third-order valence-electron chi connectivity index (χ3n) is 6.70. The van der Waals surface area contributed by atoms with Gasteiger partial charge >= 0.3 is 6.18 Å². The number of hydrogen-bond donors (Lipinski definition) is 2. The number of rotatable bonds is 9. The number of carbonyl (C=O) groups is 2. The fraction of sp³-hybridized carbons (Fsp3) is 0.565. The molecule has 0 bridgehead atoms. The average molecular weight is 577 g/mol. The number of aromatic nitrogens is 5. The van der Waals surface area contributed by atoms with Gasteiger partial charge in [0.2, 0.25) is 11.8 Å². The summed E-state index contributed by atoms with van der Waals surface area (Å²) in [4.78, 5) is 26.0. The van der Waals surface area contributed by atoms with Crippen molar-refractivity contribution in [2.45, 2.75) is 76.6 Å². The van der Waals surface area contributed by atoms with Crippen LogP contribution in [-0.4, -0.2) is 55.2 Å². The normalized spacial score (nSPS) is 17.4. The maximum absolute atomic E-state index is 14.8. The molecule has 1 aliphatic rings. The molecule has 2 N–H and O–H groups in total. The van der Waals surface area contributed by atoms with Crippen molar-refractivity contribution in [3.8, 4) is 0 Å². The highest BCUT2D eigenvalue weighted by molar-refractivity contribution is 6.00. The van der Waals surface area contributed by atoms with E-state index in [1.807, 2.05) is 0 Å². The van der Waals surface area contributed by atoms with E-state index in [2.05, 4.69) is 35.8 Å². The lowest BCUT2D eigenvalue weighted by atomic mass is 9.81. The van der Waals surface area contributed by atoms with Crippen LogP contribution in [-0.2, 0) is 11.2 Å². The van der Waals surface area contributed by atoms with Crippen molar-refractivity contribution in [2.75, 3.05) is 5.32 Å². The van der Waals surface area contributed by atoms with Crippen LogP contribution in [0.1, 0.15) is 72.5 Å². The Morgan fingerprint density at radius 3 is 2.50 bits per heavy atom. The largest absolute Gasteiger partial charge is 0.393 e. The van der Waals surface area contributed by atoms with Crippen molar-refractivity contribution in [3.05, 3.63) is 41.1 Å². The molecule has 1 unspecified atom stereocenters. The standard InChI is InChI=1S/C23H25F6N7O4/c1-3-15(17-13(10-39-34-17)8-23(27,28)29)36-9-14(19(24)32-36)30-21(38)18(12-4-6-22(25,26)7-5-12)31-20(37)16-11(2)33-40-35-16/h9-10,12,15,18H,3-8H2,1-2H3,(H,30,38)(H,31,37)/t15?,18-/m0/s1. The lowest BCUT2D eigenvalue weighted by Gasteiger charge is -2.33. The van der Waals surface area contributed by atoms with Crippen molar-refractivity contribution in [1.82, 2.24) is 30.6 Å². The van der Waals surface area contributed by atoms with Gasteiger partial charge in [-0.1, -0.05) is 17.2 Å². The van der Waals surface area contributed by atoms with Crippen LogP contribution in [0.3, 0.4) is 0 Å². The maximum atomic E-state index is 14.8. The SMILES string of the molecule is CCC(c1nocc1CC(F)(F)F)n1cc(NC(=O)[C@@H](NC(=O)c2nonc2C)C2CCC(F)(F)CC2)c(F)n1. The van der Waals surface area contributed by atoms with E-state index in [1.54, 1.807) is 6.92 Å². The molecule has 3 aromatic rings. The summed E-state index contributed by atoms with van der Waals surface area (Å²) in [6.45, 7) is 3.05. The zero-order valence-electron chi connectivity index (χ0n) is 21.3. The molecule has 40 heavy (non-hydrogen) atoms. The quantitative estimate of drug-likeness (QED) is 0.358. The molecule has 4 rings (SSSR count). The molecule has 2 atom stereocenters. The van der Waals surface area contributed by atoms with Crippen LogP contribution < -0.4 is 10.6 Å². The van der Waals surface area contributed by atoms with Gasteiger partial charge in [0.1, 0.15) is 29.4 Å². The zero-order chi connectivity index (χ0) is 29.2. The van der Waals surface area contributed by atoms with E-state index < -0.39 is 72.8 Å². The molecular formula is C23H25F6N7O4. The topological polar surface area (TPSA) is 141 Å². The van der Waals surface area contributed by atoms with Gasteiger partial charge in [-0.05, 0) is 37.3 Å². The van der Waals surface area contributed by atoms with Gasteiger partial charge in [0, 0.05) is 18.4 Å². The molecular weight excluding hydrogens is 552 g/mol. The van der Waals surface area contributed by atoms with Crippen LogP contribution in [0.15, 0.2) is 21.6 Å². The van der Waals surface area contributed by atoms with E-state index in [-0.39, 0.29) is 41.9 Å². The Kier molecular flexibility index (Phi) is 8.20. The second-order valence-corrected chi connectivity index (χ2v) is 9.59. The predicted octanol–water partition coefficient (Wildman–Crippen LogP) is 4.37. The molecule has 1 aliphatic carbocycles. The van der Waals surface area contributed by atoms with E-state index in [1.165, 1.54) is 6.92 Å². The smallest absolute Gasteiger partial charge is 0.364 e. The van der Waals surface area contributed by atoms with E-state index >= 15 is 0 Å². The van der Waals surface area contributed by atoms with Gasteiger partial charge in [0.05, 0.1) is 18.7 Å². The minimum Gasteiger partial charge on any atom is -0.364 e. The van der Waals surface area contributed by atoms with Gasteiger partial charge in [-0.15, -0.1) is 5.10 Å². The number of aryl methyl sites for hydroxylation is 1. The predicted molar refractivity (Wildman–Crippen MR) is 123 cm³/mol. The summed E-state index contributed by atoms with van der Waals surface area (Å²) < 4.78 is 91.5.